The predicted molar refractivity (Wildman–Crippen MR) is 91.0 cm³/mol. The minimum atomic E-state index is -4.53. The molecule has 0 aliphatic rings. The van der Waals surface area contributed by atoms with Crippen molar-refractivity contribution in [2.75, 3.05) is 6.54 Å². The maximum absolute atomic E-state index is 12.8. The first-order valence-corrected chi connectivity index (χ1v) is 7.67. The number of carbonyl (C=O) groups excluding carboxylic acids is 2. The first-order valence-electron chi connectivity index (χ1n) is 7.30. The number of hydrazone groups is 1. The molecule has 0 saturated heterocycles. The van der Waals surface area contributed by atoms with Crippen LogP contribution in [0.4, 0.5) is 13.2 Å². The molecule has 0 unspecified atom stereocenters. The number of benzene rings is 2. The van der Waals surface area contributed by atoms with Gasteiger partial charge in [-0.25, -0.2) is 5.43 Å². The second-order valence-corrected chi connectivity index (χ2v) is 5.45. The van der Waals surface area contributed by atoms with Crippen LogP contribution in [0.2, 0.25) is 5.02 Å². The summed E-state index contributed by atoms with van der Waals surface area (Å²) in [5.74, 6) is -1.26. The van der Waals surface area contributed by atoms with Crippen molar-refractivity contribution in [1.29, 1.82) is 0 Å². The Morgan fingerprint density at radius 2 is 1.73 bits per heavy atom. The Morgan fingerprint density at radius 1 is 1.08 bits per heavy atom. The molecule has 136 valence electrons. The number of nitrogens with zero attached hydrogens (tertiary/aromatic N) is 1. The van der Waals surface area contributed by atoms with E-state index >= 15 is 0 Å². The van der Waals surface area contributed by atoms with Gasteiger partial charge in [-0.15, -0.1) is 0 Å². The molecule has 0 atom stereocenters. The molecular weight excluding hydrogens is 371 g/mol. The van der Waals surface area contributed by atoms with E-state index in [1.54, 1.807) is 12.1 Å². The zero-order valence-corrected chi connectivity index (χ0v) is 13.9. The van der Waals surface area contributed by atoms with Gasteiger partial charge in [-0.05, 0) is 18.2 Å². The summed E-state index contributed by atoms with van der Waals surface area (Å²) in [6, 6.07) is 11.1. The summed E-state index contributed by atoms with van der Waals surface area (Å²) in [5.41, 5.74) is 1.18. The van der Waals surface area contributed by atoms with Crippen molar-refractivity contribution in [2.45, 2.75) is 6.18 Å². The van der Waals surface area contributed by atoms with Crippen molar-refractivity contribution in [2.24, 2.45) is 5.10 Å². The van der Waals surface area contributed by atoms with Crippen LogP contribution in [0.5, 0.6) is 0 Å². The Bertz CT molecular complexity index is 838. The molecular formula is C17H13ClF3N3O2. The maximum Gasteiger partial charge on any atom is 0.417 e. The first-order chi connectivity index (χ1) is 12.3. The Kier molecular flexibility index (Phi) is 6.35. The van der Waals surface area contributed by atoms with Crippen LogP contribution in [0.1, 0.15) is 21.5 Å². The maximum atomic E-state index is 12.8. The lowest BCUT2D eigenvalue weighted by atomic mass is 10.1. The molecule has 26 heavy (non-hydrogen) atoms. The quantitative estimate of drug-likeness (QED) is 0.614. The van der Waals surface area contributed by atoms with Crippen molar-refractivity contribution in [3.63, 3.8) is 0 Å². The highest BCUT2D eigenvalue weighted by Crippen LogP contribution is 2.30. The van der Waals surface area contributed by atoms with E-state index in [4.69, 9.17) is 11.6 Å². The Balaban J connectivity index is 1.91. The van der Waals surface area contributed by atoms with Gasteiger partial charge in [0.1, 0.15) is 0 Å². The zero-order chi connectivity index (χ0) is 19.2. The van der Waals surface area contributed by atoms with Crippen LogP contribution in [0.3, 0.4) is 0 Å². The van der Waals surface area contributed by atoms with Gasteiger partial charge >= 0.3 is 6.18 Å². The molecule has 0 heterocycles. The van der Waals surface area contributed by atoms with Crippen molar-refractivity contribution in [3.8, 4) is 0 Å². The smallest absolute Gasteiger partial charge is 0.343 e. The summed E-state index contributed by atoms with van der Waals surface area (Å²) in [5, 5.41) is 6.05. The zero-order valence-electron chi connectivity index (χ0n) is 13.2. The fourth-order valence-corrected chi connectivity index (χ4v) is 2.20. The van der Waals surface area contributed by atoms with Gasteiger partial charge in [-0.1, -0.05) is 41.9 Å². The van der Waals surface area contributed by atoms with Gasteiger partial charge in [-0.3, -0.25) is 9.59 Å². The molecule has 0 bridgehead atoms. The van der Waals surface area contributed by atoms with Gasteiger partial charge in [0.2, 0.25) is 0 Å². The topological polar surface area (TPSA) is 70.6 Å². The summed E-state index contributed by atoms with van der Waals surface area (Å²) in [6.45, 7) is -0.414. The number of rotatable bonds is 5. The third-order valence-electron chi connectivity index (χ3n) is 3.19. The van der Waals surface area contributed by atoms with Crippen LogP contribution in [0, 0.1) is 0 Å². The lowest BCUT2D eigenvalue weighted by Gasteiger charge is -2.09. The SMILES string of the molecule is O=C(CNC(=O)c1ccccc1Cl)N/N=C\c1ccccc1C(F)(F)F. The number of halogens is 4. The lowest BCUT2D eigenvalue weighted by molar-refractivity contribution is -0.137. The molecule has 2 aromatic carbocycles. The summed E-state index contributed by atoms with van der Waals surface area (Å²) < 4.78 is 38.5. The number of hydrogen-bond donors (Lipinski definition) is 2. The highest BCUT2D eigenvalue weighted by Gasteiger charge is 2.32. The van der Waals surface area contributed by atoms with Crippen molar-refractivity contribution >= 4 is 29.6 Å². The van der Waals surface area contributed by atoms with Gasteiger partial charge < -0.3 is 5.32 Å². The van der Waals surface area contributed by atoms with E-state index in [0.717, 1.165) is 12.3 Å². The molecule has 2 aromatic rings. The number of alkyl halides is 3. The highest BCUT2D eigenvalue weighted by atomic mass is 35.5. The van der Waals surface area contributed by atoms with Gasteiger partial charge in [0, 0.05) is 5.56 Å². The van der Waals surface area contributed by atoms with Crippen LogP contribution in [-0.4, -0.2) is 24.6 Å². The van der Waals surface area contributed by atoms with Crippen LogP contribution in [0.15, 0.2) is 53.6 Å². The Labute approximate surface area is 151 Å². The second kappa shape index (κ2) is 8.48. The molecule has 9 heteroatoms. The van der Waals surface area contributed by atoms with E-state index in [2.05, 4.69) is 10.4 Å². The van der Waals surface area contributed by atoms with E-state index in [1.807, 2.05) is 5.43 Å². The van der Waals surface area contributed by atoms with Crippen LogP contribution < -0.4 is 10.7 Å². The van der Waals surface area contributed by atoms with Gasteiger partial charge in [0.25, 0.3) is 11.8 Å². The fraction of sp³-hybridized carbons (Fsp3) is 0.118. The largest absolute Gasteiger partial charge is 0.417 e. The lowest BCUT2D eigenvalue weighted by Crippen LogP contribution is -2.35. The summed E-state index contributed by atoms with van der Waals surface area (Å²) >= 11 is 5.86. The van der Waals surface area contributed by atoms with Crippen molar-refractivity contribution in [3.05, 3.63) is 70.2 Å². The van der Waals surface area contributed by atoms with E-state index in [1.165, 1.54) is 30.3 Å². The van der Waals surface area contributed by atoms with E-state index < -0.39 is 30.1 Å². The average molecular weight is 384 g/mol. The molecule has 0 fully saturated rings. The molecule has 0 aliphatic heterocycles. The highest BCUT2D eigenvalue weighted by molar-refractivity contribution is 6.33. The minimum Gasteiger partial charge on any atom is -0.343 e. The van der Waals surface area contributed by atoms with Crippen LogP contribution >= 0.6 is 11.6 Å². The predicted octanol–water partition coefficient (Wildman–Crippen LogP) is 3.24. The van der Waals surface area contributed by atoms with Crippen LogP contribution in [0.25, 0.3) is 0 Å². The molecule has 0 saturated carbocycles. The molecule has 0 spiro atoms. The first kappa shape index (κ1) is 19.5. The standard InChI is InChI=1S/C17H13ClF3N3O2/c18-14-8-4-2-6-12(14)16(26)22-10-15(25)24-23-9-11-5-1-3-7-13(11)17(19,20)21/h1-9H,10H2,(H,22,26)(H,24,25)/b23-9-. The molecule has 0 aromatic heterocycles. The molecule has 0 radical (unpaired) electrons. The minimum absolute atomic E-state index is 0.194. The van der Waals surface area contributed by atoms with E-state index in [9.17, 15) is 22.8 Å². The molecule has 0 aliphatic carbocycles. The fourth-order valence-electron chi connectivity index (χ4n) is 1.98. The van der Waals surface area contributed by atoms with Gasteiger partial charge in [0.15, 0.2) is 0 Å². The molecule has 5 nitrogen and oxygen atoms in total. The average Bonchev–Trinajstić information content (AvgIpc) is 2.59. The van der Waals surface area contributed by atoms with Crippen molar-refractivity contribution < 1.29 is 22.8 Å². The van der Waals surface area contributed by atoms with Crippen LogP contribution in [-0.2, 0) is 11.0 Å². The van der Waals surface area contributed by atoms with E-state index in [0.29, 0.717) is 0 Å². The van der Waals surface area contributed by atoms with Gasteiger partial charge in [-0.2, -0.15) is 18.3 Å². The second-order valence-electron chi connectivity index (χ2n) is 5.04. The number of amides is 2. The molecule has 2 rings (SSSR count). The number of hydrogen-bond acceptors (Lipinski definition) is 3. The normalized spacial score (nSPS) is 11.4. The van der Waals surface area contributed by atoms with E-state index in [-0.39, 0.29) is 16.1 Å². The third kappa shape index (κ3) is 5.32. The van der Waals surface area contributed by atoms with Gasteiger partial charge in [0.05, 0.1) is 28.9 Å². The third-order valence-corrected chi connectivity index (χ3v) is 3.52. The molecule has 2 N–H and O–H groups in total. The number of nitrogens with one attached hydrogen (secondary N) is 2. The Hall–Kier alpha value is -2.87. The Morgan fingerprint density at radius 3 is 2.42 bits per heavy atom. The summed E-state index contributed by atoms with van der Waals surface area (Å²) in [4.78, 5) is 23.5. The van der Waals surface area contributed by atoms with Crippen molar-refractivity contribution in [1.82, 2.24) is 10.7 Å². The molecule has 2 amide bonds. The number of carbonyl (C=O) groups is 2. The monoisotopic (exact) mass is 383 g/mol. The summed E-state index contributed by atoms with van der Waals surface area (Å²) in [7, 11) is 0. The summed E-state index contributed by atoms with van der Waals surface area (Å²) in [6.07, 6.45) is -3.65.